The van der Waals surface area contributed by atoms with Gasteiger partial charge in [0.25, 0.3) is 0 Å². The average molecular weight is 292 g/mol. The molecule has 0 fully saturated rings. The molecule has 1 aromatic carbocycles. The molecule has 1 rings (SSSR count). The van der Waals surface area contributed by atoms with Crippen LogP contribution in [0.25, 0.3) is 0 Å². The summed E-state index contributed by atoms with van der Waals surface area (Å²) < 4.78 is 0. The summed E-state index contributed by atoms with van der Waals surface area (Å²) in [7, 11) is 0. The fourth-order valence-corrected chi connectivity index (χ4v) is 2.51. The van der Waals surface area contributed by atoms with Gasteiger partial charge in [-0.3, -0.25) is 9.59 Å². The zero-order valence-electron chi connectivity index (χ0n) is 12.5. The maximum Gasteiger partial charge on any atom is 0.322 e. The van der Waals surface area contributed by atoms with Gasteiger partial charge in [0.05, 0.1) is 0 Å². The van der Waals surface area contributed by atoms with Crippen molar-refractivity contribution in [3.63, 3.8) is 0 Å². The van der Waals surface area contributed by atoms with Crippen molar-refractivity contribution in [3.05, 3.63) is 35.4 Å². The first kappa shape index (κ1) is 17.2. The smallest absolute Gasteiger partial charge is 0.322 e. The largest absolute Gasteiger partial charge is 0.480 e. The molecule has 1 aromatic rings. The number of carbonyl (C=O) groups is 2. The predicted octanol–water partition coefficient (Wildman–Crippen LogP) is 3.84. The second kappa shape index (κ2) is 9.16. The highest BCUT2D eigenvalue weighted by Gasteiger charge is 2.29. The summed E-state index contributed by atoms with van der Waals surface area (Å²) in [6, 6.07) is 6.97. The third-order valence-electron chi connectivity index (χ3n) is 3.66. The lowest BCUT2D eigenvalue weighted by Gasteiger charge is -2.13. The van der Waals surface area contributed by atoms with Gasteiger partial charge in [-0.15, -0.1) is 0 Å². The van der Waals surface area contributed by atoms with Crippen LogP contribution in [0.15, 0.2) is 24.3 Å². The fourth-order valence-electron chi connectivity index (χ4n) is 2.51. The molecule has 0 spiro atoms. The summed E-state index contributed by atoms with van der Waals surface area (Å²) in [5, 5.41) is 18.2. The number of hydrogen-bond donors (Lipinski definition) is 2. The van der Waals surface area contributed by atoms with E-state index in [0.29, 0.717) is 5.56 Å². The predicted molar refractivity (Wildman–Crippen MR) is 81.5 cm³/mol. The van der Waals surface area contributed by atoms with Gasteiger partial charge >= 0.3 is 11.9 Å². The Morgan fingerprint density at radius 1 is 0.952 bits per heavy atom. The summed E-state index contributed by atoms with van der Waals surface area (Å²) in [6.45, 7) is 2.17. The van der Waals surface area contributed by atoms with E-state index >= 15 is 0 Å². The molecule has 0 atom stereocenters. The Labute approximate surface area is 125 Å². The van der Waals surface area contributed by atoms with Gasteiger partial charge in [-0.1, -0.05) is 63.3 Å². The molecule has 0 aliphatic heterocycles. The molecule has 0 aromatic heterocycles. The van der Waals surface area contributed by atoms with Crippen molar-refractivity contribution in [2.24, 2.45) is 0 Å². The molecule has 0 aliphatic rings. The molecule has 0 unspecified atom stereocenters. The Hall–Kier alpha value is -1.84. The van der Waals surface area contributed by atoms with Crippen molar-refractivity contribution >= 4 is 11.9 Å². The second-order valence-electron chi connectivity index (χ2n) is 5.33. The standard InChI is InChI=1S/C17H24O4/c1-2-3-4-5-6-7-10-13-11-8-9-12-14(13)15(16(18)19)17(20)21/h8-9,11-12,15H,2-7,10H2,1H3,(H,18,19)(H,20,21). The molecule has 0 saturated carbocycles. The SMILES string of the molecule is CCCCCCCCc1ccccc1C(C(=O)O)C(=O)O. The van der Waals surface area contributed by atoms with Gasteiger partial charge in [-0.05, 0) is 24.0 Å². The number of aliphatic carboxylic acids is 2. The summed E-state index contributed by atoms with van der Waals surface area (Å²) in [5.74, 6) is -4.09. The van der Waals surface area contributed by atoms with E-state index in [9.17, 15) is 9.59 Å². The highest BCUT2D eigenvalue weighted by Crippen LogP contribution is 2.23. The first-order valence-corrected chi connectivity index (χ1v) is 7.61. The van der Waals surface area contributed by atoms with Crippen LogP contribution in [0, 0.1) is 0 Å². The number of unbranched alkanes of at least 4 members (excludes halogenated alkanes) is 5. The molecule has 0 radical (unpaired) electrons. The molecule has 0 heterocycles. The van der Waals surface area contributed by atoms with Crippen molar-refractivity contribution in [3.8, 4) is 0 Å². The summed E-state index contributed by atoms with van der Waals surface area (Å²) in [6.07, 6.45) is 7.66. The minimum absolute atomic E-state index is 0.408. The molecule has 21 heavy (non-hydrogen) atoms. The molecule has 0 bridgehead atoms. The van der Waals surface area contributed by atoms with E-state index < -0.39 is 17.9 Å². The van der Waals surface area contributed by atoms with Crippen molar-refractivity contribution in [1.29, 1.82) is 0 Å². The average Bonchev–Trinajstić information content (AvgIpc) is 2.43. The van der Waals surface area contributed by atoms with E-state index in [2.05, 4.69) is 6.92 Å². The van der Waals surface area contributed by atoms with Gasteiger partial charge in [-0.25, -0.2) is 0 Å². The Morgan fingerprint density at radius 2 is 1.52 bits per heavy atom. The number of carboxylic acid groups (broad SMARTS) is 2. The van der Waals surface area contributed by atoms with Crippen molar-refractivity contribution in [2.45, 2.75) is 57.8 Å². The highest BCUT2D eigenvalue weighted by molar-refractivity contribution is 5.99. The second-order valence-corrected chi connectivity index (χ2v) is 5.33. The van der Waals surface area contributed by atoms with Crippen molar-refractivity contribution in [1.82, 2.24) is 0 Å². The quantitative estimate of drug-likeness (QED) is 0.507. The fraction of sp³-hybridized carbons (Fsp3) is 0.529. The van der Waals surface area contributed by atoms with Gasteiger partial charge < -0.3 is 10.2 Å². The Bertz CT molecular complexity index is 454. The molecule has 4 heteroatoms. The number of carboxylic acids is 2. The summed E-state index contributed by atoms with van der Waals surface area (Å²) in [4.78, 5) is 22.3. The van der Waals surface area contributed by atoms with Gasteiger partial charge in [0.15, 0.2) is 5.92 Å². The lowest BCUT2D eigenvalue weighted by molar-refractivity contribution is -0.150. The number of benzene rings is 1. The molecule has 2 N–H and O–H groups in total. The zero-order chi connectivity index (χ0) is 15.7. The maximum atomic E-state index is 11.2. The maximum absolute atomic E-state index is 11.2. The van der Waals surface area contributed by atoms with Crippen LogP contribution in [-0.4, -0.2) is 22.2 Å². The molecule has 4 nitrogen and oxygen atoms in total. The van der Waals surface area contributed by atoms with E-state index in [0.717, 1.165) is 24.8 Å². The van der Waals surface area contributed by atoms with Crippen LogP contribution in [0.4, 0.5) is 0 Å². The molecule has 116 valence electrons. The summed E-state index contributed by atoms with van der Waals surface area (Å²) in [5.41, 5.74) is 1.24. The van der Waals surface area contributed by atoms with Gasteiger partial charge in [-0.2, -0.15) is 0 Å². The minimum atomic E-state index is -1.47. The Kier molecular flexibility index (Phi) is 7.51. The molecular weight excluding hydrogens is 268 g/mol. The van der Waals surface area contributed by atoms with Crippen molar-refractivity contribution < 1.29 is 19.8 Å². The first-order chi connectivity index (χ1) is 10.1. The van der Waals surface area contributed by atoms with Crippen LogP contribution in [0.2, 0.25) is 0 Å². The number of rotatable bonds is 10. The van der Waals surface area contributed by atoms with E-state index in [1.54, 1.807) is 12.1 Å². The Morgan fingerprint density at radius 3 is 2.14 bits per heavy atom. The molecule has 0 aliphatic carbocycles. The van der Waals surface area contributed by atoms with Gasteiger partial charge in [0.2, 0.25) is 0 Å². The molecule has 0 saturated heterocycles. The zero-order valence-corrected chi connectivity index (χ0v) is 12.5. The first-order valence-electron chi connectivity index (χ1n) is 7.61. The summed E-state index contributed by atoms with van der Waals surface area (Å²) >= 11 is 0. The van der Waals surface area contributed by atoms with E-state index in [1.807, 2.05) is 12.1 Å². The van der Waals surface area contributed by atoms with Crippen LogP contribution in [0.1, 0.15) is 62.5 Å². The van der Waals surface area contributed by atoms with E-state index in [-0.39, 0.29) is 0 Å². The van der Waals surface area contributed by atoms with Crippen LogP contribution in [0.5, 0.6) is 0 Å². The third-order valence-corrected chi connectivity index (χ3v) is 3.66. The third kappa shape index (κ3) is 5.58. The molecular formula is C17H24O4. The van der Waals surface area contributed by atoms with Crippen LogP contribution in [-0.2, 0) is 16.0 Å². The topological polar surface area (TPSA) is 74.6 Å². The monoisotopic (exact) mass is 292 g/mol. The van der Waals surface area contributed by atoms with Crippen LogP contribution < -0.4 is 0 Å². The Balaban J connectivity index is 2.66. The van der Waals surface area contributed by atoms with E-state index in [1.165, 1.54) is 25.7 Å². The number of aryl methyl sites for hydroxylation is 1. The minimum Gasteiger partial charge on any atom is -0.480 e. The highest BCUT2D eigenvalue weighted by atomic mass is 16.4. The number of hydrogen-bond acceptors (Lipinski definition) is 2. The van der Waals surface area contributed by atoms with Crippen molar-refractivity contribution in [2.75, 3.05) is 0 Å². The van der Waals surface area contributed by atoms with Crippen LogP contribution >= 0.6 is 0 Å². The van der Waals surface area contributed by atoms with Gasteiger partial charge in [0.1, 0.15) is 0 Å². The van der Waals surface area contributed by atoms with Crippen LogP contribution in [0.3, 0.4) is 0 Å². The van der Waals surface area contributed by atoms with E-state index in [4.69, 9.17) is 10.2 Å². The molecule has 0 amide bonds. The van der Waals surface area contributed by atoms with Gasteiger partial charge in [0, 0.05) is 0 Å². The normalized spacial score (nSPS) is 10.8. The lowest BCUT2D eigenvalue weighted by Crippen LogP contribution is -2.22. The lowest BCUT2D eigenvalue weighted by atomic mass is 9.91.